The van der Waals surface area contributed by atoms with E-state index in [1.807, 2.05) is 12.1 Å². The van der Waals surface area contributed by atoms with Gasteiger partial charge in [0.05, 0.1) is 17.3 Å². The highest BCUT2D eigenvalue weighted by atomic mass is 32.2. The number of ether oxygens (including phenoxy) is 1. The number of sulfonamides is 1. The van der Waals surface area contributed by atoms with Gasteiger partial charge < -0.3 is 9.84 Å². The number of piperidine rings is 1. The van der Waals surface area contributed by atoms with Crippen molar-refractivity contribution >= 4 is 15.7 Å². The van der Waals surface area contributed by atoms with E-state index in [4.69, 9.17) is 4.74 Å². The molecule has 0 radical (unpaired) electrons. The minimum Gasteiger partial charge on any atom is -0.504 e. The maximum Gasteiger partial charge on any atom is 0.258 e. The van der Waals surface area contributed by atoms with Gasteiger partial charge in [0.1, 0.15) is 5.82 Å². The number of halogens is 1. The molecule has 2 heterocycles. The van der Waals surface area contributed by atoms with E-state index in [0.717, 1.165) is 18.4 Å². The van der Waals surface area contributed by atoms with Crippen molar-refractivity contribution in [2.24, 2.45) is 0 Å². The second-order valence-corrected chi connectivity index (χ2v) is 10.8. The Bertz CT molecular complexity index is 1160. The maximum absolute atomic E-state index is 13.9. The first-order valence-electron chi connectivity index (χ1n) is 11.0. The molecule has 2 fully saturated rings. The van der Waals surface area contributed by atoms with Gasteiger partial charge in [-0.1, -0.05) is 12.1 Å². The van der Waals surface area contributed by atoms with Crippen LogP contribution in [0.3, 0.4) is 0 Å². The molecule has 1 N–H and O–H groups in total. The van der Waals surface area contributed by atoms with Gasteiger partial charge in [0.2, 0.25) is 0 Å². The lowest BCUT2D eigenvalue weighted by molar-refractivity contribution is 0.119. The zero-order chi connectivity index (χ0) is 22.5. The summed E-state index contributed by atoms with van der Waals surface area (Å²) < 4.78 is 46.8. The van der Waals surface area contributed by atoms with Crippen LogP contribution < -0.4 is 9.04 Å². The molecule has 32 heavy (non-hydrogen) atoms. The van der Waals surface area contributed by atoms with E-state index in [9.17, 15) is 17.9 Å². The van der Waals surface area contributed by atoms with E-state index in [0.29, 0.717) is 37.4 Å². The van der Waals surface area contributed by atoms with Crippen LogP contribution in [0, 0.1) is 5.82 Å². The van der Waals surface area contributed by atoms with Gasteiger partial charge in [-0.25, -0.2) is 12.8 Å². The average Bonchev–Trinajstić information content (AvgIpc) is 3.51. The number of likely N-dealkylation sites (tertiary alicyclic amines) is 1. The van der Waals surface area contributed by atoms with Crippen molar-refractivity contribution in [1.29, 1.82) is 0 Å². The molecule has 8 heteroatoms. The fraction of sp³-hybridized carbons (Fsp3) is 0.417. The molecule has 0 amide bonds. The van der Waals surface area contributed by atoms with E-state index in [1.54, 1.807) is 18.2 Å². The highest BCUT2D eigenvalue weighted by Crippen LogP contribution is 2.43. The Morgan fingerprint density at radius 3 is 2.75 bits per heavy atom. The third-order valence-electron chi connectivity index (χ3n) is 6.58. The van der Waals surface area contributed by atoms with Crippen molar-refractivity contribution < 1.29 is 22.7 Å². The minimum atomic E-state index is -3.66. The Labute approximate surface area is 188 Å². The van der Waals surface area contributed by atoms with Crippen molar-refractivity contribution in [3.63, 3.8) is 0 Å². The number of hydrogen-bond donors (Lipinski definition) is 1. The summed E-state index contributed by atoms with van der Waals surface area (Å²) >= 11 is 0. The zero-order valence-corrected chi connectivity index (χ0v) is 18.8. The van der Waals surface area contributed by atoms with E-state index < -0.39 is 21.4 Å². The molecule has 2 aromatic rings. The zero-order valence-electron chi connectivity index (χ0n) is 17.9. The Morgan fingerprint density at radius 1 is 1.22 bits per heavy atom. The van der Waals surface area contributed by atoms with Gasteiger partial charge in [0.15, 0.2) is 11.5 Å². The second kappa shape index (κ2) is 7.78. The molecule has 1 aliphatic carbocycles. The number of benzene rings is 2. The van der Waals surface area contributed by atoms with Gasteiger partial charge in [-0.2, -0.15) is 0 Å². The minimum absolute atomic E-state index is 0.0966. The third-order valence-corrected chi connectivity index (χ3v) is 8.15. The van der Waals surface area contributed by atoms with Crippen molar-refractivity contribution in [3.8, 4) is 11.5 Å². The van der Waals surface area contributed by atoms with Gasteiger partial charge in [-0.05, 0) is 74.6 Å². The molecule has 5 rings (SSSR count). The summed E-state index contributed by atoms with van der Waals surface area (Å²) in [6.07, 6.45) is 5.22. The second-order valence-electron chi connectivity index (χ2n) is 9.09. The quantitative estimate of drug-likeness (QED) is 0.729. The molecule has 3 aliphatic rings. The molecule has 1 saturated carbocycles. The van der Waals surface area contributed by atoms with E-state index in [2.05, 4.69) is 11.8 Å². The van der Waals surface area contributed by atoms with Crippen molar-refractivity contribution in [2.45, 2.75) is 56.8 Å². The van der Waals surface area contributed by atoms with E-state index in [1.165, 1.54) is 27.9 Å². The largest absolute Gasteiger partial charge is 0.504 e. The predicted octanol–water partition coefficient (Wildman–Crippen LogP) is 4.16. The number of aromatic hydroxyl groups is 1. The van der Waals surface area contributed by atoms with Crippen LogP contribution in [-0.4, -0.2) is 42.7 Å². The van der Waals surface area contributed by atoms with Crippen molar-refractivity contribution in [1.82, 2.24) is 4.90 Å². The molecule has 1 spiro atoms. The normalized spacial score (nSPS) is 27.2. The SMILES string of the molecule is C[C@H]1C[C@@]2(C=CS(=O)(=O)N2c2cccc(F)c2)CCN1Cc1ccc(O)c(OC2CC2)c1. The highest BCUT2D eigenvalue weighted by Gasteiger charge is 2.49. The number of rotatable bonds is 5. The van der Waals surface area contributed by atoms with Crippen LogP contribution in [0.5, 0.6) is 11.5 Å². The number of phenolic OH excluding ortho intramolecular Hbond substituents is 1. The van der Waals surface area contributed by atoms with Gasteiger partial charge in [0, 0.05) is 24.5 Å². The van der Waals surface area contributed by atoms with Crippen LogP contribution in [0.2, 0.25) is 0 Å². The molecule has 2 aromatic carbocycles. The molecular formula is C24H27FN2O4S. The number of phenols is 1. The average molecular weight is 459 g/mol. The third kappa shape index (κ3) is 3.97. The van der Waals surface area contributed by atoms with Gasteiger partial charge in [-0.3, -0.25) is 9.21 Å². The first-order valence-corrected chi connectivity index (χ1v) is 12.5. The van der Waals surface area contributed by atoms with Crippen LogP contribution in [0.4, 0.5) is 10.1 Å². The van der Waals surface area contributed by atoms with Crippen LogP contribution >= 0.6 is 0 Å². The van der Waals surface area contributed by atoms with Crippen molar-refractivity contribution in [3.05, 3.63) is 65.3 Å². The molecule has 170 valence electrons. The lowest BCUT2D eigenvalue weighted by Crippen LogP contribution is -2.56. The first-order chi connectivity index (χ1) is 15.3. The molecule has 0 aromatic heterocycles. The fourth-order valence-corrected chi connectivity index (χ4v) is 6.51. The standard InChI is InChI=1S/C24H27FN2O4S/c1-17-15-24(10-12-32(29,30)27(24)20-4-2-3-19(25)14-20)9-11-26(17)16-18-5-8-22(28)23(13-18)31-21-6-7-21/h2-5,8,10,12-14,17,21,28H,6-7,9,11,15-16H2,1H3/t17-,24-/m0/s1. The fourth-order valence-electron chi connectivity index (χ4n) is 4.82. The topological polar surface area (TPSA) is 70.1 Å². The maximum atomic E-state index is 13.9. The van der Waals surface area contributed by atoms with Crippen LogP contribution in [0.15, 0.2) is 53.9 Å². The Hall–Kier alpha value is -2.58. The lowest BCUT2D eigenvalue weighted by atomic mass is 9.83. The van der Waals surface area contributed by atoms with Crippen LogP contribution in [0.25, 0.3) is 0 Å². The summed E-state index contributed by atoms with van der Waals surface area (Å²) in [5, 5.41) is 11.3. The van der Waals surface area contributed by atoms with Crippen LogP contribution in [0.1, 0.15) is 38.2 Å². The molecule has 1 saturated heterocycles. The molecule has 2 atom stereocenters. The summed E-state index contributed by atoms with van der Waals surface area (Å²) in [4.78, 5) is 2.31. The number of hydrogen-bond acceptors (Lipinski definition) is 5. The lowest BCUT2D eigenvalue weighted by Gasteiger charge is -2.47. The summed E-state index contributed by atoms with van der Waals surface area (Å²) in [5.74, 6) is 0.216. The summed E-state index contributed by atoms with van der Waals surface area (Å²) in [7, 11) is -3.66. The molecule has 6 nitrogen and oxygen atoms in total. The Balaban J connectivity index is 1.35. The monoisotopic (exact) mass is 458 g/mol. The van der Waals surface area contributed by atoms with Gasteiger partial charge in [-0.15, -0.1) is 0 Å². The molecule has 0 bridgehead atoms. The smallest absolute Gasteiger partial charge is 0.258 e. The molecule has 2 aliphatic heterocycles. The predicted molar refractivity (Wildman–Crippen MR) is 121 cm³/mol. The first kappa shape index (κ1) is 21.3. The highest BCUT2D eigenvalue weighted by molar-refractivity contribution is 7.96. The number of nitrogens with zero attached hydrogens (tertiary/aromatic N) is 2. The van der Waals surface area contributed by atoms with Crippen LogP contribution in [-0.2, 0) is 16.6 Å². The summed E-state index contributed by atoms with van der Waals surface area (Å²) in [6, 6.07) is 11.3. The Kier molecular flexibility index (Phi) is 5.17. The van der Waals surface area contributed by atoms with Gasteiger partial charge >= 0.3 is 0 Å². The van der Waals surface area contributed by atoms with E-state index >= 15 is 0 Å². The van der Waals surface area contributed by atoms with Gasteiger partial charge in [0.25, 0.3) is 10.0 Å². The Morgan fingerprint density at radius 2 is 2.03 bits per heavy atom. The van der Waals surface area contributed by atoms with Crippen molar-refractivity contribution in [2.75, 3.05) is 10.8 Å². The number of anilines is 1. The molecular weight excluding hydrogens is 431 g/mol. The molecule has 0 unspecified atom stereocenters. The van der Waals surface area contributed by atoms with E-state index in [-0.39, 0.29) is 17.9 Å². The summed E-state index contributed by atoms with van der Waals surface area (Å²) in [6.45, 7) is 3.45. The summed E-state index contributed by atoms with van der Waals surface area (Å²) in [5.41, 5.74) is 0.700.